The molecule has 1 amide bonds. The maximum atomic E-state index is 12.6. The molecule has 160 valence electrons. The lowest BCUT2D eigenvalue weighted by molar-refractivity contribution is -0.156. The molecule has 0 radical (unpaired) electrons. The molecule has 29 heavy (non-hydrogen) atoms. The smallest absolute Gasteiger partial charge is 0.412 e. The number of amides is 1. The van der Waals surface area contributed by atoms with Gasteiger partial charge in [0.25, 0.3) is 0 Å². The molecule has 0 N–H and O–H groups in total. The SMILES string of the molecule is COC1CC[C@@H](CCC(=O)CC(=O)OC(C)(C)C)N1C(=O)OCc1ccccc1. The van der Waals surface area contributed by atoms with E-state index < -0.39 is 17.7 Å². The number of hydrogen-bond donors (Lipinski definition) is 0. The number of ketones is 1. The number of hydrogen-bond acceptors (Lipinski definition) is 6. The van der Waals surface area contributed by atoms with Crippen molar-refractivity contribution in [1.29, 1.82) is 0 Å². The number of nitrogens with zero attached hydrogens (tertiary/aromatic N) is 1. The molecule has 0 spiro atoms. The Labute approximate surface area is 172 Å². The average Bonchev–Trinajstić information content (AvgIpc) is 3.06. The van der Waals surface area contributed by atoms with Crippen LogP contribution in [0.15, 0.2) is 30.3 Å². The molecule has 2 rings (SSSR count). The minimum absolute atomic E-state index is 0.161. The van der Waals surface area contributed by atoms with Gasteiger partial charge in [-0.05, 0) is 45.6 Å². The van der Waals surface area contributed by atoms with E-state index in [9.17, 15) is 14.4 Å². The first kappa shape index (κ1) is 22.9. The molecule has 1 aliphatic rings. The van der Waals surface area contributed by atoms with E-state index in [4.69, 9.17) is 14.2 Å². The highest BCUT2D eigenvalue weighted by atomic mass is 16.6. The van der Waals surface area contributed by atoms with Crippen LogP contribution in [-0.2, 0) is 30.4 Å². The van der Waals surface area contributed by atoms with Crippen LogP contribution in [0.25, 0.3) is 0 Å². The van der Waals surface area contributed by atoms with Crippen LogP contribution in [0.5, 0.6) is 0 Å². The Bertz CT molecular complexity index is 697. The summed E-state index contributed by atoms with van der Waals surface area (Å²) in [5, 5.41) is 0. The monoisotopic (exact) mass is 405 g/mol. The fourth-order valence-electron chi connectivity index (χ4n) is 3.38. The molecule has 1 aromatic carbocycles. The van der Waals surface area contributed by atoms with Gasteiger partial charge in [0.1, 0.15) is 30.6 Å². The molecule has 1 aromatic rings. The van der Waals surface area contributed by atoms with Gasteiger partial charge in [-0.2, -0.15) is 0 Å². The highest BCUT2D eigenvalue weighted by Gasteiger charge is 2.38. The summed E-state index contributed by atoms with van der Waals surface area (Å²) in [5.74, 6) is -0.722. The van der Waals surface area contributed by atoms with Crippen LogP contribution >= 0.6 is 0 Å². The third kappa shape index (κ3) is 7.49. The molecule has 7 nitrogen and oxygen atoms in total. The first-order chi connectivity index (χ1) is 13.7. The van der Waals surface area contributed by atoms with E-state index in [1.54, 1.807) is 32.8 Å². The summed E-state index contributed by atoms with van der Waals surface area (Å²) in [5.41, 5.74) is 0.284. The van der Waals surface area contributed by atoms with Crippen LogP contribution in [0.2, 0.25) is 0 Å². The van der Waals surface area contributed by atoms with E-state index in [2.05, 4.69) is 0 Å². The zero-order valence-corrected chi connectivity index (χ0v) is 17.7. The van der Waals surface area contributed by atoms with Gasteiger partial charge < -0.3 is 14.2 Å². The summed E-state index contributed by atoms with van der Waals surface area (Å²) < 4.78 is 16.1. The van der Waals surface area contributed by atoms with Gasteiger partial charge in [-0.3, -0.25) is 14.5 Å². The van der Waals surface area contributed by atoms with Gasteiger partial charge in [0, 0.05) is 19.6 Å². The average molecular weight is 405 g/mol. The fraction of sp³-hybridized carbons (Fsp3) is 0.591. The number of benzene rings is 1. The van der Waals surface area contributed by atoms with E-state index >= 15 is 0 Å². The van der Waals surface area contributed by atoms with Crippen LogP contribution in [0.3, 0.4) is 0 Å². The Morgan fingerprint density at radius 3 is 2.41 bits per heavy atom. The second kappa shape index (κ2) is 10.4. The Morgan fingerprint density at radius 2 is 1.79 bits per heavy atom. The van der Waals surface area contributed by atoms with E-state index in [1.807, 2.05) is 30.3 Å². The van der Waals surface area contributed by atoms with Crippen molar-refractivity contribution >= 4 is 17.8 Å². The van der Waals surface area contributed by atoms with Crippen LogP contribution in [0, 0.1) is 0 Å². The number of likely N-dealkylation sites (tertiary alicyclic amines) is 1. The zero-order chi connectivity index (χ0) is 21.4. The molecule has 1 unspecified atom stereocenters. The van der Waals surface area contributed by atoms with E-state index in [1.165, 1.54) is 0 Å². The minimum atomic E-state index is -0.617. The molecule has 2 atom stereocenters. The molecule has 7 heteroatoms. The van der Waals surface area contributed by atoms with Gasteiger partial charge in [-0.15, -0.1) is 0 Å². The van der Waals surface area contributed by atoms with E-state index in [0.29, 0.717) is 12.8 Å². The number of Topliss-reactive ketones (excluding diaryl/α,β-unsaturated/α-hetero) is 1. The zero-order valence-electron chi connectivity index (χ0n) is 17.7. The Kier molecular flexibility index (Phi) is 8.20. The van der Waals surface area contributed by atoms with Gasteiger partial charge in [0.15, 0.2) is 0 Å². The molecule has 1 aliphatic heterocycles. The Hall–Kier alpha value is -2.41. The van der Waals surface area contributed by atoms with Gasteiger partial charge in [-0.25, -0.2) is 4.79 Å². The molecule has 1 fully saturated rings. The lowest BCUT2D eigenvalue weighted by Gasteiger charge is -2.28. The number of methoxy groups -OCH3 is 1. The molecule has 1 saturated heterocycles. The highest BCUT2D eigenvalue weighted by Crippen LogP contribution is 2.29. The molecule has 1 heterocycles. The second-order valence-corrected chi connectivity index (χ2v) is 8.21. The van der Waals surface area contributed by atoms with Crippen LogP contribution < -0.4 is 0 Å². The molecule has 0 saturated carbocycles. The topological polar surface area (TPSA) is 82.1 Å². The normalized spacial score (nSPS) is 19.1. The summed E-state index contributed by atoms with van der Waals surface area (Å²) >= 11 is 0. The van der Waals surface area contributed by atoms with Crippen molar-refractivity contribution in [2.45, 2.75) is 77.4 Å². The van der Waals surface area contributed by atoms with Crippen molar-refractivity contribution < 1.29 is 28.6 Å². The van der Waals surface area contributed by atoms with Crippen molar-refractivity contribution in [3.8, 4) is 0 Å². The minimum Gasteiger partial charge on any atom is -0.460 e. The summed E-state index contributed by atoms with van der Waals surface area (Å²) in [6.45, 7) is 5.46. The van der Waals surface area contributed by atoms with Crippen LogP contribution in [0.1, 0.15) is 58.4 Å². The summed E-state index contributed by atoms with van der Waals surface area (Å²) in [6.07, 6.45) is 0.980. The first-order valence-corrected chi connectivity index (χ1v) is 9.95. The number of esters is 1. The van der Waals surface area contributed by atoms with Crippen molar-refractivity contribution in [2.24, 2.45) is 0 Å². The summed E-state index contributed by atoms with van der Waals surface area (Å²) in [4.78, 5) is 38.2. The van der Waals surface area contributed by atoms with Gasteiger partial charge in [0.05, 0.1) is 0 Å². The predicted molar refractivity (Wildman–Crippen MR) is 107 cm³/mol. The van der Waals surface area contributed by atoms with Gasteiger partial charge >= 0.3 is 12.1 Å². The maximum Gasteiger partial charge on any atom is 0.412 e. The molecule has 0 aliphatic carbocycles. The van der Waals surface area contributed by atoms with Gasteiger partial charge in [0.2, 0.25) is 0 Å². The van der Waals surface area contributed by atoms with Crippen LogP contribution in [0.4, 0.5) is 4.79 Å². The Morgan fingerprint density at radius 1 is 1.10 bits per heavy atom. The molecule has 0 bridgehead atoms. The molecule has 0 aromatic heterocycles. The van der Waals surface area contributed by atoms with Crippen LogP contribution in [-0.4, -0.2) is 47.7 Å². The molecular weight excluding hydrogens is 374 g/mol. The third-order valence-corrected chi connectivity index (χ3v) is 4.66. The maximum absolute atomic E-state index is 12.6. The van der Waals surface area contributed by atoms with E-state index in [0.717, 1.165) is 12.0 Å². The van der Waals surface area contributed by atoms with Crippen molar-refractivity contribution in [3.63, 3.8) is 0 Å². The fourth-order valence-corrected chi connectivity index (χ4v) is 3.38. The quantitative estimate of drug-likeness (QED) is 0.483. The number of carbonyl (C=O) groups is 3. The summed E-state index contributed by atoms with van der Waals surface area (Å²) in [6, 6.07) is 9.28. The number of carbonyl (C=O) groups excluding carboxylic acids is 3. The third-order valence-electron chi connectivity index (χ3n) is 4.66. The van der Waals surface area contributed by atoms with E-state index in [-0.39, 0.29) is 37.5 Å². The standard InChI is InChI=1S/C22H31NO6/c1-22(2,3)29-20(25)14-18(24)12-10-17-11-13-19(27-4)23(17)21(26)28-15-16-8-6-5-7-9-16/h5-9,17,19H,10-15H2,1-4H3/t17-,19?/m1/s1. The molecular formula is C22H31NO6. The number of rotatable bonds is 8. The largest absolute Gasteiger partial charge is 0.460 e. The second-order valence-electron chi connectivity index (χ2n) is 8.21. The summed E-state index contributed by atoms with van der Waals surface area (Å²) in [7, 11) is 1.55. The first-order valence-electron chi connectivity index (χ1n) is 9.95. The Balaban J connectivity index is 1.87. The predicted octanol–water partition coefficient (Wildman–Crippen LogP) is 3.84. The van der Waals surface area contributed by atoms with Crippen molar-refractivity contribution in [2.75, 3.05) is 7.11 Å². The highest BCUT2D eigenvalue weighted by molar-refractivity contribution is 5.95. The lowest BCUT2D eigenvalue weighted by Crippen LogP contribution is -2.42. The van der Waals surface area contributed by atoms with Crippen molar-refractivity contribution in [1.82, 2.24) is 4.90 Å². The van der Waals surface area contributed by atoms with Crippen molar-refractivity contribution in [3.05, 3.63) is 35.9 Å². The van der Waals surface area contributed by atoms with Gasteiger partial charge in [-0.1, -0.05) is 30.3 Å². The number of ether oxygens (including phenoxy) is 3. The lowest BCUT2D eigenvalue weighted by atomic mass is 10.1.